The summed E-state index contributed by atoms with van der Waals surface area (Å²) < 4.78 is 4.11. The van der Waals surface area contributed by atoms with Gasteiger partial charge in [-0.05, 0) is 55.0 Å². The molecular formula is C38H35N3O2. The lowest BCUT2D eigenvalue weighted by molar-refractivity contribution is 0.0474. The van der Waals surface area contributed by atoms with E-state index in [1.54, 1.807) is 0 Å². The summed E-state index contributed by atoms with van der Waals surface area (Å²) in [5, 5.41) is 12.0. The van der Waals surface area contributed by atoms with Crippen LogP contribution in [0.3, 0.4) is 0 Å². The second-order valence-electron chi connectivity index (χ2n) is 11.8. The molecule has 3 heterocycles. The first kappa shape index (κ1) is 27.1. The van der Waals surface area contributed by atoms with Crippen molar-refractivity contribution in [3.8, 4) is 0 Å². The Morgan fingerprint density at radius 1 is 0.791 bits per heavy atom. The van der Waals surface area contributed by atoms with Crippen molar-refractivity contribution in [1.82, 2.24) is 14.1 Å². The van der Waals surface area contributed by atoms with Crippen molar-refractivity contribution in [3.63, 3.8) is 0 Å². The number of carbonyl (C=O) groups is 1. The predicted molar refractivity (Wildman–Crippen MR) is 170 cm³/mol. The maximum Gasteiger partial charge on any atom is 0.240 e. The Morgan fingerprint density at radius 2 is 1.33 bits per heavy atom. The van der Waals surface area contributed by atoms with Crippen LogP contribution in [0.1, 0.15) is 50.6 Å². The molecule has 0 spiro atoms. The van der Waals surface area contributed by atoms with E-state index >= 15 is 0 Å². The van der Waals surface area contributed by atoms with E-state index < -0.39 is 11.0 Å². The molecule has 1 aliphatic heterocycles. The molecule has 1 aliphatic rings. The molecule has 5 nitrogen and oxygen atoms in total. The Labute approximate surface area is 252 Å². The fourth-order valence-electron chi connectivity index (χ4n) is 7.29. The number of nitrogens with zero attached hydrogens (tertiary/aromatic N) is 3. The standard InChI is InChI=1S/C38H35N3O2/c1-27-32-20-12-13-21-35(32)41-34(27)22-23-37(25-42,36(41)43)24-33-28(2)40(26-39-33)38(29-14-6-3-7-15-29,30-16-8-4-9-17-30)31-18-10-5-11-19-31/h3-21,26,42H,22-25H2,1-2H3. The van der Waals surface area contributed by atoms with Gasteiger partial charge in [-0.15, -0.1) is 0 Å². The van der Waals surface area contributed by atoms with E-state index in [2.05, 4.69) is 97.3 Å². The van der Waals surface area contributed by atoms with Gasteiger partial charge >= 0.3 is 0 Å². The summed E-state index contributed by atoms with van der Waals surface area (Å²) in [5.74, 6) is -0.0464. The van der Waals surface area contributed by atoms with E-state index in [0.29, 0.717) is 12.8 Å². The van der Waals surface area contributed by atoms with E-state index in [4.69, 9.17) is 4.98 Å². The Kier molecular flexibility index (Phi) is 6.63. The molecule has 0 amide bonds. The van der Waals surface area contributed by atoms with Gasteiger partial charge in [-0.2, -0.15) is 0 Å². The van der Waals surface area contributed by atoms with Crippen LogP contribution < -0.4 is 0 Å². The number of aromatic nitrogens is 3. The van der Waals surface area contributed by atoms with Gasteiger partial charge in [-0.3, -0.25) is 9.36 Å². The molecule has 1 unspecified atom stereocenters. The number of aliphatic hydroxyl groups excluding tert-OH is 1. The summed E-state index contributed by atoms with van der Waals surface area (Å²) in [6.07, 6.45) is 3.58. The molecule has 0 radical (unpaired) electrons. The van der Waals surface area contributed by atoms with Gasteiger partial charge in [-0.1, -0.05) is 109 Å². The lowest BCUT2D eigenvalue weighted by Gasteiger charge is -2.39. The highest BCUT2D eigenvalue weighted by Crippen LogP contribution is 2.44. The van der Waals surface area contributed by atoms with Gasteiger partial charge in [0.2, 0.25) is 5.91 Å². The summed E-state index contributed by atoms with van der Waals surface area (Å²) in [4.78, 5) is 19.3. The molecule has 6 aromatic rings. The van der Waals surface area contributed by atoms with Gasteiger partial charge in [0.05, 0.1) is 29.6 Å². The monoisotopic (exact) mass is 565 g/mol. The number of para-hydroxylation sites is 1. The molecule has 0 fully saturated rings. The van der Waals surface area contributed by atoms with E-state index in [-0.39, 0.29) is 12.5 Å². The summed E-state index contributed by atoms with van der Waals surface area (Å²) in [7, 11) is 0. The second-order valence-corrected chi connectivity index (χ2v) is 11.8. The third-order valence-electron chi connectivity index (χ3n) is 9.60. The van der Waals surface area contributed by atoms with Crippen molar-refractivity contribution in [3.05, 3.63) is 161 Å². The van der Waals surface area contributed by atoms with E-state index in [1.807, 2.05) is 47.3 Å². The highest BCUT2D eigenvalue weighted by Gasteiger charge is 2.46. The molecule has 0 aliphatic carbocycles. The molecule has 0 saturated carbocycles. The van der Waals surface area contributed by atoms with Crippen LogP contribution >= 0.6 is 0 Å². The second kappa shape index (κ2) is 10.5. The molecule has 5 heteroatoms. The maximum absolute atomic E-state index is 14.3. The molecular weight excluding hydrogens is 530 g/mol. The largest absolute Gasteiger partial charge is 0.395 e. The normalized spacial score (nSPS) is 16.9. The molecule has 43 heavy (non-hydrogen) atoms. The van der Waals surface area contributed by atoms with E-state index in [9.17, 15) is 9.90 Å². The highest BCUT2D eigenvalue weighted by atomic mass is 16.3. The van der Waals surface area contributed by atoms with E-state index in [0.717, 1.165) is 56.7 Å². The Morgan fingerprint density at radius 3 is 1.88 bits per heavy atom. The van der Waals surface area contributed by atoms with E-state index in [1.165, 1.54) is 0 Å². The molecule has 4 aromatic carbocycles. The van der Waals surface area contributed by atoms with Gasteiger partial charge in [0.15, 0.2) is 0 Å². The van der Waals surface area contributed by atoms with Crippen molar-refractivity contribution in [2.75, 3.05) is 6.61 Å². The van der Waals surface area contributed by atoms with Gasteiger partial charge in [-0.25, -0.2) is 4.98 Å². The van der Waals surface area contributed by atoms with Crippen LogP contribution in [0.15, 0.2) is 122 Å². The van der Waals surface area contributed by atoms with Crippen LogP contribution in [0.2, 0.25) is 0 Å². The first-order valence-electron chi connectivity index (χ1n) is 15.0. The lowest BCUT2D eigenvalue weighted by atomic mass is 9.75. The number of hydrogen-bond acceptors (Lipinski definition) is 3. The number of imidazole rings is 1. The quantitative estimate of drug-likeness (QED) is 0.210. The minimum absolute atomic E-state index is 0.0464. The first-order chi connectivity index (χ1) is 21.0. The zero-order valence-corrected chi connectivity index (χ0v) is 24.6. The highest BCUT2D eigenvalue weighted by molar-refractivity contribution is 5.99. The fraction of sp³-hybridized carbons (Fsp3) is 0.211. The fourth-order valence-corrected chi connectivity index (χ4v) is 7.29. The zero-order valence-electron chi connectivity index (χ0n) is 24.6. The average molecular weight is 566 g/mol. The topological polar surface area (TPSA) is 60.1 Å². The molecule has 1 atom stereocenters. The van der Waals surface area contributed by atoms with Crippen LogP contribution in [-0.4, -0.2) is 31.7 Å². The minimum Gasteiger partial charge on any atom is -0.395 e. The molecule has 0 bridgehead atoms. The number of aryl methyl sites for hydroxylation is 1. The van der Waals surface area contributed by atoms with Gasteiger partial charge in [0, 0.05) is 23.2 Å². The van der Waals surface area contributed by atoms with Crippen LogP contribution in [0, 0.1) is 19.3 Å². The Hall–Kier alpha value is -4.74. The Balaban J connectivity index is 1.39. The van der Waals surface area contributed by atoms with Crippen molar-refractivity contribution in [1.29, 1.82) is 0 Å². The number of aliphatic hydroxyl groups is 1. The maximum atomic E-state index is 14.3. The summed E-state index contributed by atoms with van der Waals surface area (Å²) in [6.45, 7) is 3.95. The SMILES string of the molecule is Cc1c2n(c3ccccc13)C(=O)C(CO)(Cc1ncn(C(c3ccccc3)(c3ccccc3)c3ccccc3)c1C)CC2. The Bertz CT molecular complexity index is 1830. The summed E-state index contributed by atoms with van der Waals surface area (Å²) in [5.41, 5.74) is 6.60. The van der Waals surface area contributed by atoms with Crippen molar-refractivity contribution in [2.24, 2.45) is 5.41 Å². The van der Waals surface area contributed by atoms with Crippen molar-refractivity contribution < 1.29 is 9.90 Å². The van der Waals surface area contributed by atoms with Gasteiger partial charge in [0.1, 0.15) is 5.54 Å². The summed E-state index contributed by atoms with van der Waals surface area (Å²) >= 11 is 0. The number of hydrogen-bond donors (Lipinski definition) is 1. The number of benzene rings is 4. The van der Waals surface area contributed by atoms with Crippen LogP contribution in [0.4, 0.5) is 0 Å². The molecule has 0 saturated heterocycles. The van der Waals surface area contributed by atoms with Gasteiger partial charge in [0.25, 0.3) is 0 Å². The molecule has 2 aromatic heterocycles. The van der Waals surface area contributed by atoms with Crippen LogP contribution in [-0.2, 0) is 18.4 Å². The number of carbonyl (C=O) groups excluding carboxylic acids is 1. The number of fused-ring (bicyclic) bond motifs is 3. The summed E-state index contributed by atoms with van der Waals surface area (Å²) in [6, 6.07) is 39.6. The van der Waals surface area contributed by atoms with Gasteiger partial charge < -0.3 is 9.67 Å². The average Bonchev–Trinajstić information content (AvgIpc) is 3.57. The minimum atomic E-state index is -0.958. The smallest absolute Gasteiger partial charge is 0.240 e. The molecule has 1 N–H and O–H groups in total. The van der Waals surface area contributed by atoms with Crippen molar-refractivity contribution in [2.45, 2.75) is 38.6 Å². The third kappa shape index (κ3) is 4.03. The molecule has 7 rings (SSSR count). The lowest BCUT2D eigenvalue weighted by Crippen LogP contribution is -2.45. The first-order valence-corrected chi connectivity index (χ1v) is 15.0. The third-order valence-corrected chi connectivity index (χ3v) is 9.60. The zero-order chi connectivity index (χ0) is 29.6. The van der Waals surface area contributed by atoms with Crippen LogP contribution in [0.25, 0.3) is 10.9 Å². The number of rotatable bonds is 7. The molecule has 214 valence electrons. The van der Waals surface area contributed by atoms with Crippen LogP contribution in [0.5, 0.6) is 0 Å². The predicted octanol–water partition coefficient (Wildman–Crippen LogP) is 7.10. The van der Waals surface area contributed by atoms with Crippen molar-refractivity contribution >= 4 is 16.8 Å².